The average Bonchev–Trinajstić information content (AvgIpc) is 2.46. The molecule has 20 heavy (non-hydrogen) atoms. The van der Waals surface area contributed by atoms with Gasteiger partial charge in [0.25, 0.3) is 0 Å². The van der Waals surface area contributed by atoms with Crippen molar-refractivity contribution >= 4 is 11.8 Å². The summed E-state index contributed by atoms with van der Waals surface area (Å²) in [6.45, 7) is 4.47. The van der Waals surface area contributed by atoms with Gasteiger partial charge < -0.3 is 5.73 Å². The summed E-state index contributed by atoms with van der Waals surface area (Å²) in [6.07, 6.45) is 6.26. The van der Waals surface area contributed by atoms with Gasteiger partial charge in [0.05, 0.1) is 6.20 Å². The van der Waals surface area contributed by atoms with E-state index in [-0.39, 0.29) is 6.04 Å². The molecule has 0 saturated heterocycles. The lowest BCUT2D eigenvalue weighted by molar-refractivity contribution is 0.647. The Morgan fingerprint density at radius 1 is 1.15 bits per heavy atom. The first-order valence-corrected chi connectivity index (χ1v) is 7.87. The third kappa shape index (κ3) is 4.62. The minimum Gasteiger partial charge on any atom is -0.323 e. The van der Waals surface area contributed by atoms with Crippen molar-refractivity contribution in [2.24, 2.45) is 11.7 Å². The molecule has 0 aliphatic carbocycles. The van der Waals surface area contributed by atoms with Gasteiger partial charge in [-0.05, 0) is 23.5 Å². The first-order chi connectivity index (χ1) is 9.65. The molecular formula is C16H21N3S. The van der Waals surface area contributed by atoms with Gasteiger partial charge in [-0.2, -0.15) is 0 Å². The molecule has 1 unspecified atom stereocenters. The quantitative estimate of drug-likeness (QED) is 0.827. The fourth-order valence-corrected chi connectivity index (χ4v) is 2.82. The highest BCUT2D eigenvalue weighted by Gasteiger charge is 2.07. The van der Waals surface area contributed by atoms with Crippen LogP contribution in [0.5, 0.6) is 0 Å². The molecule has 106 valence electrons. The van der Waals surface area contributed by atoms with Crippen molar-refractivity contribution in [3.8, 4) is 0 Å². The SMILES string of the molecule is CC(C)Cc1ccc(C(N)CSc2cnccn2)cc1. The first-order valence-electron chi connectivity index (χ1n) is 6.88. The van der Waals surface area contributed by atoms with Gasteiger partial charge in [0.2, 0.25) is 0 Å². The Morgan fingerprint density at radius 2 is 1.90 bits per heavy atom. The highest BCUT2D eigenvalue weighted by atomic mass is 32.2. The van der Waals surface area contributed by atoms with E-state index in [1.54, 1.807) is 30.4 Å². The lowest BCUT2D eigenvalue weighted by atomic mass is 10.0. The van der Waals surface area contributed by atoms with Crippen LogP contribution in [0.2, 0.25) is 0 Å². The molecule has 2 rings (SSSR count). The number of benzene rings is 1. The van der Waals surface area contributed by atoms with Crippen LogP contribution in [0.15, 0.2) is 47.9 Å². The highest BCUT2D eigenvalue weighted by Crippen LogP contribution is 2.21. The standard InChI is InChI=1S/C16H21N3S/c1-12(2)9-13-3-5-14(6-4-13)15(17)11-20-16-10-18-7-8-19-16/h3-8,10,12,15H,9,11,17H2,1-2H3. The number of thioether (sulfide) groups is 1. The first kappa shape index (κ1) is 15.0. The summed E-state index contributed by atoms with van der Waals surface area (Å²) in [7, 11) is 0. The zero-order valence-electron chi connectivity index (χ0n) is 12.0. The third-order valence-corrected chi connectivity index (χ3v) is 4.03. The maximum atomic E-state index is 6.23. The molecule has 0 aliphatic rings. The molecule has 1 heterocycles. The van der Waals surface area contributed by atoms with E-state index in [2.05, 4.69) is 48.1 Å². The smallest absolute Gasteiger partial charge is 0.114 e. The number of nitrogens with two attached hydrogens (primary N) is 1. The third-order valence-electron chi connectivity index (χ3n) is 3.00. The van der Waals surface area contributed by atoms with Crippen molar-refractivity contribution in [3.63, 3.8) is 0 Å². The van der Waals surface area contributed by atoms with Crippen LogP contribution in [-0.4, -0.2) is 15.7 Å². The summed E-state index contributed by atoms with van der Waals surface area (Å²) in [4.78, 5) is 8.29. The monoisotopic (exact) mass is 287 g/mol. The van der Waals surface area contributed by atoms with Crippen molar-refractivity contribution < 1.29 is 0 Å². The second kappa shape index (κ2) is 7.41. The summed E-state index contributed by atoms with van der Waals surface area (Å²) >= 11 is 1.64. The second-order valence-electron chi connectivity index (χ2n) is 5.30. The fraction of sp³-hybridized carbons (Fsp3) is 0.375. The Morgan fingerprint density at radius 3 is 2.50 bits per heavy atom. The molecule has 0 spiro atoms. The van der Waals surface area contributed by atoms with Crippen LogP contribution in [0.1, 0.15) is 31.0 Å². The summed E-state index contributed by atoms with van der Waals surface area (Å²) in [5.41, 5.74) is 8.77. The number of rotatable bonds is 6. The van der Waals surface area contributed by atoms with Crippen LogP contribution in [0, 0.1) is 5.92 Å². The molecule has 1 atom stereocenters. The predicted octanol–water partition coefficient (Wildman–Crippen LogP) is 3.47. The molecule has 1 aromatic carbocycles. The van der Waals surface area contributed by atoms with E-state index < -0.39 is 0 Å². The summed E-state index contributed by atoms with van der Waals surface area (Å²) < 4.78 is 0. The normalized spacial score (nSPS) is 12.6. The van der Waals surface area contributed by atoms with Crippen LogP contribution < -0.4 is 5.73 Å². The Kier molecular flexibility index (Phi) is 5.56. The lowest BCUT2D eigenvalue weighted by Crippen LogP contribution is -2.13. The molecule has 0 aliphatic heterocycles. The summed E-state index contributed by atoms with van der Waals surface area (Å²) in [5.74, 6) is 1.49. The topological polar surface area (TPSA) is 51.8 Å². The van der Waals surface area contributed by atoms with Gasteiger partial charge in [0.15, 0.2) is 0 Å². The zero-order chi connectivity index (χ0) is 14.4. The predicted molar refractivity (Wildman–Crippen MR) is 84.7 cm³/mol. The highest BCUT2D eigenvalue weighted by molar-refractivity contribution is 7.99. The van der Waals surface area contributed by atoms with Crippen molar-refractivity contribution in [2.45, 2.75) is 31.3 Å². The van der Waals surface area contributed by atoms with Crippen molar-refractivity contribution in [3.05, 3.63) is 54.0 Å². The molecular weight excluding hydrogens is 266 g/mol. The molecule has 0 saturated carbocycles. The molecule has 0 amide bonds. The van der Waals surface area contributed by atoms with E-state index in [1.165, 1.54) is 11.1 Å². The largest absolute Gasteiger partial charge is 0.323 e. The number of nitrogens with zero attached hydrogens (tertiary/aromatic N) is 2. The second-order valence-corrected chi connectivity index (χ2v) is 6.34. The summed E-state index contributed by atoms with van der Waals surface area (Å²) in [5, 5.41) is 0.916. The Hall–Kier alpha value is -1.39. The number of hydrogen-bond donors (Lipinski definition) is 1. The molecule has 2 aromatic rings. The fourth-order valence-electron chi connectivity index (χ4n) is 2.00. The van der Waals surface area contributed by atoms with E-state index >= 15 is 0 Å². The van der Waals surface area contributed by atoms with Gasteiger partial charge in [-0.3, -0.25) is 4.98 Å². The van der Waals surface area contributed by atoms with Crippen LogP contribution >= 0.6 is 11.8 Å². The minimum atomic E-state index is 0.0232. The van der Waals surface area contributed by atoms with Crippen molar-refractivity contribution in [2.75, 3.05) is 5.75 Å². The van der Waals surface area contributed by atoms with Gasteiger partial charge in [-0.15, -0.1) is 11.8 Å². The van der Waals surface area contributed by atoms with Gasteiger partial charge >= 0.3 is 0 Å². The van der Waals surface area contributed by atoms with E-state index in [0.29, 0.717) is 5.92 Å². The van der Waals surface area contributed by atoms with Crippen LogP contribution in [0.25, 0.3) is 0 Å². The molecule has 2 N–H and O–H groups in total. The van der Waals surface area contributed by atoms with E-state index in [0.717, 1.165) is 17.2 Å². The van der Waals surface area contributed by atoms with Gasteiger partial charge in [0, 0.05) is 24.2 Å². The molecule has 0 radical (unpaired) electrons. The minimum absolute atomic E-state index is 0.0232. The summed E-state index contributed by atoms with van der Waals surface area (Å²) in [6, 6.07) is 8.67. The van der Waals surface area contributed by atoms with Crippen LogP contribution in [0.4, 0.5) is 0 Å². The Balaban J connectivity index is 1.90. The van der Waals surface area contributed by atoms with Gasteiger partial charge in [-0.1, -0.05) is 38.1 Å². The van der Waals surface area contributed by atoms with Gasteiger partial charge in [-0.25, -0.2) is 4.98 Å². The van der Waals surface area contributed by atoms with Crippen LogP contribution in [0.3, 0.4) is 0 Å². The average molecular weight is 287 g/mol. The molecule has 0 bridgehead atoms. The van der Waals surface area contributed by atoms with E-state index in [4.69, 9.17) is 5.73 Å². The number of aromatic nitrogens is 2. The van der Waals surface area contributed by atoms with E-state index in [1.807, 2.05) is 0 Å². The van der Waals surface area contributed by atoms with Crippen molar-refractivity contribution in [1.29, 1.82) is 0 Å². The van der Waals surface area contributed by atoms with Crippen LogP contribution in [-0.2, 0) is 6.42 Å². The lowest BCUT2D eigenvalue weighted by Gasteiger charge is -2.12. The Labute approximate surface area is 125 Å². The molecule has 0 fully saturated rings. The molecule has 3 nitrogen and oxygen atoms in total. The number of hydrogen-bond acceptors (Lipinski definition) is 4. The van der Waals surface area contributed by atoms with Crippen molar-refractivity contribution in [1.82, 2.24) is 9.97 Å². The molecule has 1 aromatic heterocycles. The maximum absolute atomic E-state index is 6.23. The maximum Gasteiger partial charge on any atom is 0.114 e. The van der Waals surface area contributed by atoms with E-state index in [9.17, 15) is 0 Å². The van der Waals surface area contributed by atoms with Gasteiger partial charge in [0.1, 0.15) is 5.03 Å². The molecule has 4 heteroatoms. The Bertz CT molecular complexity index is 511. The zero-order valence-corrected chi connectivity index (χ0v) is 12.8.